The third-order valence-electron chi connectivity index (χ3n) is 8.35. The Kier molecular flexibility index (Phi) is 21.4. The summed E-state index contributed by atoms with van der Waals surface area (Å²) >= 11 is 1.20. The van der Waals surface area contributed by atoms with Crippen LogP contribution in [-0.4, -0.2) is 119 Å². The van der Waals surface area contributed by atoms with E-state index in [1.807, 2.05) is 0 Å². The first-order chi connectivity index (χ1) is 22.7. The first-order valence-electron chi connectivity index (χ1n) is 17.4. The molecule has 1 aromatic rings. The Labute approximate surface area is 283 Å². The van der Waals surface area contributed by atoms with Crippen molar-refractivity contribution in [2.45, 2.75) is 152 Å². The molecular formula is C32H59N5O9S. The van der Waals surface area contributed by atoms with Crippen LogP contribution in [0.5, 0.6) is 0 Å². The lowest BCUT2D eigenvalue weighted by atomic mass is 9.98. The molecule has 14 nitrogen and oxygen atoms in total. The van der Waals surface area contributed by atoms with Gasteiger partial charge in [-0.1, -0.05) is 102 Å². The van der Waals surface area contributed by atoms with Crippen LogP contribution in [0.4, 0.5) is 5.82 Å². The number of nitrogens with zero attached hydrogens (tertiary/aromatic N) is 3. The molecule has 2 amide bonds. The molecule has 2 rings (SSSR count). The van der Waals surface area contributed by atoms with E-state index in [-0.39, 0.29) is 29.7 Å². The van der Waals surface area contributed by atoms with E-state index in [1.54, 1.807) is 0 Å². The Morgan fingerprint density at radius 2 is 1.45 bits per heavy atom. The van der Waals surface area contributed by atoms with Crippen LogP contribution < -0.4 is 10.6 Å². The van der Waals surface area contributed by atoms with Crippen molar-refractivity contribution >= 4 is 29.4 Å². The van der Waals surface area contributed by atoms with Gasteiger partial charge in [-0.2, -0.15) is 11.8 Å². The normalized spacial score (nSPS) is 22.6. The summed E-state index contributed by atoms with van der Waals surface area (Å²) in [5, 5.41) is 71.6. The number of anilines is 1. The minimum atomic E-state index is -1.61. The Bertz CT molecular complexity index is 989. The van der Waals surface area contributed by atoms with Gasteiger partial charge in [0.2, 0.25) is 11.8 Å². The summed E-state index contributed by atoms with van der Waals surface area (Å²) in [4.78, 5) is 25.9. The van der Waals surface area contributed by atoms with Crippen LogP contribution in [0, 0.1) is 0 Å². The molecule has 8 N–H and O–H groups in total. The van der Waals surface area contributed by atoms with Gasteiger partial charge in [-0.3, -0.25) is 9.59 Å². The predicted molar refractivity (Wildman–Crippen MR) is 180 cm³/mol. The van der Waals surface area contributed by atoms with E-state index in [0.29, 0.717) is 6.42 Å². The van der Waals surface area contributed by atoms with E-state index in [0.717, 1.165) is 23.9 Å². The quantitative estimate of drug-likeness (QED) is 0.0655. The molecule has 5 unspecified atom stereocenters. The number of hydrogen-bond donors (Lipinski definition) is 8. The maximum atomic E-state index is 13.1. The van der Waals surface area contributed by atoms with Gasteiger partial charge in [0.1, 0.15) is 30.5 Å². The number of nitrogens with one attached hydrogen (secondary N) is 2. The average Bonchev–Trinajstić information content (AvgIpc) is 3.52. The summed E-state index contributed by atoms with van der Waals surface area (Å²) in [5.74, 6) is -0.569. The number of aromatic nitrogens is 3. The minimum Gasteiger partial charge on any atom is -0.394 e. The van der Waals surface area contributed by atoms with Crippen LogP contribution >= 0.6 is 11.8 Å². The van der Waals surface area contributed by atoms with E-state index in [4.69, 9.17) is 9.84 Å². The molecule has 7 atom stereocenters. The smallest absolute Gasteiger partial charge is 0.249 e. The van der Waals surface area contributed by atoms with Crippen molar-refractivity contribution < 1.29 is 45.0 Å². The second kappa shape index (κ2) is 24.3. The minimum absolute atomic E-state index is 0.0194. The number of amides is 2. The molecule has 0 aliphatic carbocycles. The van der Waals surface area contributed by atoms with Crippen molar-refractivity contribution in [2.75, 3.05) is 30.0 Å². The highest BCUT2D eigenvalue weighted by atomic mass is 32.2. The van der Waals surface area contributed by atoms with Crippen LogP contribution in [0.3, 0.4) is 0 Å². The number of thioether (sulfide) groups is 1. The number of aliphatic hydroxyl groups excluding tert-OH is 6. The van der Waals surface area contributed by atoms with Crippen molar-refractivity contribution in [1.29, 1.82) is 0 Å². The highest BCUT2D eigenvalue weighted by molar-refractivity contribution is 7.99. The monoisotopic (exact) mass is 689 g/mol. The van der Waals surface area contributed by atoms with Crippen LogP contribution in [0.25, 0.3) is 0 Å². The Morgan fingerprint density at radius 1 is 0.872 bits per heavy atom. The fourth-order valence-corrected chi connectivity index (χ4v) is 6.44. The molecule has 1 fully saturated rings. The highest BCUT2D eigenvalue weighted by Crippen LogP contribution is 2.28. The maximum Gasteiger partial charge on any atom is 0.249 e. The maximum absolute atomic E-state index is 13.1. The highest BCUT2D eigenvalue weighted by Gasteiger charge is 2.44. The molecule has 0 spiro atoms. The zero-order valence-corrected chi connectivity index (χ0v) is 28.7. The number of rotatable bonds is 26. The number of hydrogen-bond acceptors (Lipinski definition) is 12. The van der Waals surface area contributed by atoms with Gasteiger partial charge in [0, 0.05) is 17.9 Å². The van der Waals surface area contributed by atoms with Gasteiger partial charge in [-0.15, -0.1) is 5.10 Å². The Morgan fingerprint density at radius 3 is 2.00 bits per heavy atom. The number of ether oxygens (including phenoxy) is 1. The molecule has 1 saturated heterocycles. The number of carbonyl (C=O) groups is 2. The molecule has 2 heterocycles. The van der Waals surface area contributed by atoms with Gasteiger partial charge < -0.3 is 46.0 Å². The predicted octanol–water partition coefficient (Wildman–Crippen LogP) is 2.02. The van der Waals surface area contributed by atoms with Gasteiger partial charge in [0.05, 0.1) is 25.5 Å². The summed E-state index contributed by atoms with van der Waals surface area (Å²) in [5.41, 5.74) is 0. The molecule has 1 aromatic heterocycles. The van der Waals surface area contributed by atoms with Crippen molar-refractivity contribution in [1.82, 2.24) is 20.3 Å². The molecule has 0 radical (unpaired) electrons. The molecule has 272 valence electrons. The van der Waals surface area contributed by atoms with Crippen LogP contribution in [0.1, 0.15) is 116 Å². The van der Waals surface area contributed by atoms with Gasteiger partial charge in [-0.25, -0.2) is 4.68 Å². The third-order valence-corrected chi connectivity index (χ3v) is 9.54. The number of carbonyl (C=O) groups excluding carboxylic acids is 2. The second-order valence-electron chi connectivity index (χ2n) is 12.5. The van der Waals surface area contributed by atoms with Gasteiger partial charge in [0.15, 0.2) is 12.0 Å². The molecule has 15 heteroatoms. The van der Waals surface area contributed by atoms with Crippen molar-refractivity contribution in [3.63, 3.8) is 0 Å². The van der Waals surface area contributed by atoms with E-state index < -0.39 is 61.9 Å². The van der Waals surface area contributed by atoms with Crippen LogP contribution in [-0.2, 0) is 14.3 Å². The fourth-order valence-electron chi connectivity index (χ4n) is 5.45. The Balaban J connectivity index is 1.74. The molecule has 1 aliphatic rings. The molecule has 0 aromatic carbocycles. The largest absolute Gasteiger partial charge is 0.394 e. The van der Waals surface area contributed by atoms with E-state index in [9.17, 15) is 35.1 Å². The molecular weight excluding hydrogens is 630 g/mol. The first kappa shape index (κ1) is 41.3. The summed E-state index contributed by atoms with van der Waals surface area (Å²) in [7, 11) is 0. The molecule has 1 aliphatic heterocycles. The zero-order chi connectivity index (χ0) is 34.4. The fraction of sp³-hybridized carbons (Fsp3) is 0.875. The molecule has 0 saturated carbocycles. The Hall–Kier alpha value is -1.85. The summed E-state index contributed by atoms with van der Waals surface area (Å²) in [6.07, 6.45) is 11.8. The van der Waals surface area contributed by atoms with Crippen molar-refractivity contribution in [3.05, 3.63) is 6.20 Å². The third kappa shape index (κ3) is 15.9. The number of aliphatic hydroxyl groups is 6. The lowest BCUT2D eigenvalue weighted by Gasteiger charge is -2.39. The van der Waals surface area contributed by atoms with E-state index >= 15 is 0 Å². The lowest BCUT2D eigenvalue weighted by Crippen LogP contribution is -2.56. The summed E-state index contributed by atoms with van der Waals surface area (Å²) < 4.78 is 6.51. The SMILES string of the molecule is CCCCCCCCCCCCCCCCCC(=O)N[C@H](CSC[C@H](O)CO)C(=O)Nc1cn(C2OC(CO)C(O)C(O)C2O)nn1. The molecule has 0 bridgehead atoms. The first-order valence-corrected chi connectivity index (χ1v) is 18.6. The van der Waals surface area contributed by atoms with Crippen molar-refractivity contribution in [3.8, 4) is 0 Å². The van der Waals surface area contributed by atoms with E-state index in [1.165, 1.54) is 88.6 Å². The van der Waals surface area contributed by atoms with Crippen molar-refractivity contribution in [2.24, 2.45) is 0 Å². The van der Waals surface area contributed by atoms with Gasteiger partial charge >= 0.3 is 0 Å². The van der Waals surface area contributed by atoms with Crippen LogP contribution in [0.15, 0.2) is 6.20 Å². The standard InChI is InChI=1S/C32H59N5O9S/c1-2-3-4-5-6-7-8-9-10-11-12-13-14-15-16-17-27(41)33-24(22-47-21-23(40)19-38)31(45)34-26-18-37(36-35-26)32-30(44)29(43)28(42)25(20-39)46-32/h18,23-25,28-30,32,38-40,42-44H,2-17,19-22H2,1H3,(H,33,41)(H,34,45)/t23-,24-,25?,28?,29?,30?,32?/m1/s1. The lowest BCUT2D eigenvalue weighted by molar-refractivity contribution is -0.254. The van der Waals surface area contributed by atoms with Gasteiger partial charge in [-0.05, 0) is 6.42 Å². The summed E-state index contributed by atoms with van der Waals surface area (Å²) in [6.45, 7) is 1.22. The number of unbranched alkanes of at least 4 members (excludes halogenated alkanes) is 14. The topological polar surface area (TPSA) is 220 Å². The average molecular weight is 690 g/mol. The van der Waals surface area contributed by atoms with E-state index in [2.05, 4.69) is 27.9 Å². The van der Waals surface area contributed by atoms with Gasteiger partial charge in [0.25, 0.3) is 0 Å². The zero-order valence-electron chi connectivity index (χ0n) is 27.9. The summed E-state index contributed by atoms with van der Waals surface area (Å²) in [6, 6.07) is -0.966. The molecule has 47 heavy (non-hydrogen) atoms. The second-order valence-corrected chi connectivity index (χ2v) is 13.6. The van der Waals surface area contributed by atoms with Crippen LogP contribution in [0.2, 0.25) is 0 Å².